The SMILES string of the molecule is CC(C)(C)OC(=O)CN(Cc1ccccc1)c1cc(N2C3CCC2COC3)nn2c(C(F)(F)F)cnc12. The second kappa shape index (κ2) is 9.51. The summed E-state index contributed by atoms with van der Waals surface area (Å²) in [6.07, 6.45) is -2.11. The van der Waals surface area contributed by atoms with E-state index in [9.17, 15) is 18.0 Å². The van der Waals surface area contributed by atoms with Crippen LogP contribution in [0.15, 0.2) is 42.6 Å². The summed E-state index contributed by atoms with van der Waals surface area (Å²) in [7, 11) is 0. The topological polar surface area (TPSA) is 72.2 Å². The highest BCUT2D eigenvalue weighted by Gasteiger charge is 2.40. The van der Waals surface area contributed by atoms with Crippen LogP contribution in [0, 0.1) is 0 Å². The van der Waals surface area contributed by atoms with Crippen molar-refractivity contribution in [2.75, 3.05) is 29.6 Å². The molecule has 2 bridgehead atoms. The van der Waals surface area contributed by atoms with Gasteiger partial charge in [-0.15, -0.1) is 5.10 Å². The number of halogens is 3. The normalized spacial score (nSPS) is 19.9. The van der Waals surface area contributed by atoms with E-state index in [0.717, 1.165) is 29.1 Å². The first-order chi connectivity index (χ1) is 17.5. The number of nitrogens with zero attached hydrogens (tertiary/aromatic N) is 5. The van der Waals surface area contributed by atoms with Gasteiger partial charge >= 0.3 is 12.1 Å². The molecule has 0 radical (unpaired) electrons. The number of aromatic nitrogens is 3. The van der Waals surface area contributed by atoms with Gasteiger partial charge in [-0.25, -0.2) is 9.50 Å². The summed E-state index contributed by atoms with van der Waals surface area (Å²) in [5.41, 5.74) is -0.394. The number of alkyl halides is 3. The van der Waals surface area contributed by atoms with Crippen molar-refractivity contribution >= 4 is 23.1 Å². The van der Waals surface area contributed by atoms with Crippen LogP contribution in [0.2, 0.25) is 0 Å². The lowest BCUT2D eigenvalue weighted by molar-refractivity contribution is -0.153. The minimum Gasteiger partial charge on any atom is -0.459 e. The molecule has 0 aliphatic carbocycles. The first-order valence-corrected chi connectivity index (χ1v) is 12.3. The molecule has 2 unspecified atom stereocenters. The van der Waals surface area contributed by atoms with E-state index in [2.05, 4.69) is 15.0 Å². The largest absolute Gasteiger partial charge is 0.459 e. The molecule has 2 atom stereocenters. The Morgan fingerprint density at radius 3 is 2.43 bits per heavy atom. The lowest BCUT2D eigenvalue weighted by atomic mass is 10.2. The van der Waals surface area contributed by atoms with Crippen molar-refractivity contribution in [3.63, 3.8) is 0 Å². The van der Waals surface area contributed by atoms with Crippen LogP contribution < -0.4 is 9.80 Å². The van der Waals surface area contributed by atoms with Gasteiger partial charge in [-0.05, 0) is 39.2 Å². The smallest absolute Gasteiger partial charge is 0.435 e. The quantitative estimate of drug-likeness (QED) is 0.447. The van der Waals surface area contributed by atoms with Crippen LogP contribution in [-0.2, 0) is 27.0 Å². The fraction of sp³-hybridized carbons (Fsp3) is 0.500. The number of fused-ring (bicyclic) bond motifs is 3. The molecule has 0 saturated carbocycles. The summed E-state index contributed by atoms with van der Waals surface area (Å²) in [5, 5.41) is 4.42. The van der Waals surface area contributed by atoms with E-state index in [1.165, 1.54) is 0 Å². The Balaban J connectivity index is 1.64. The summed E-state index contributed by atoms with van der Waals surface area (Å²) in [4.78, 5) is 20.8. The number of hydrogen-bond acceptors (Lipinski definition) is 7. The molecule has 0 amide bonds. The van der Waals surface area contributed by atoms with Crippen LogP contribution in [-0.4, -0.2) is 58.0 Å². The van der Waals surface area contributed by atoms with Gasteiger partial charge in [0.05, 0.1) is 37.2 Å². The number of benzene rings is 1. The lowest BCUT2D eigenvalue weighted by Gasteiger charge is -2.36. The Morgan fingerprint density at radius 2 is 1.81 bits per heavy atom. The molecule has 2 aliphatic rings. The number of hydrogen-bond donors (Lipinski definition) is 0. The van der Waals surface area contributed by atoms with E-state index in [0.29, 0.717) is 24.7 Å². The molecule has 2 aromatic heterocycles. The number of carbonyl (C=O) groups is 1. The number of rotatable bonds is 6. The fourth-order valence-corrected chi connectivity index (χ4v) is 5.05. The minimum absolute atomic E-state index is 0.0242. The van der Waals surface area contributed by atoms with Gasteiger partial charge in [-0.1, -0.05) is 30.3 Å². The number of carbonyl (C=O) groups excluding carboxylic acids is 1. The third kappa shape index (κ3) is 5.36. The first-order valence-electron chi connectivity index (χ1n) is 12.3. The maximum atomic E-state index is 13.9. The van der Waals surface area contributed by atoms with Gasteiger partial charge in [0, 0.05) is 12.6 Å². The Hall–Kier alpha value is -3.34. The molecule has 198 valence electrons. The standard InChI is InChI=1S/C26H30F3N5O3/c1-25(2,3)37-23(35)14-32(13-17-7-5-4-6-8-17)20-11-22(33-18-9-10-19(33)16-36-15-18)31-34-21(26(27,28)29)12-30-24(20)34/h4-8,11-12,18-19H,9-10,13-16H2,1-3H3. The van der Waals surface area contributed by atoms with Gasteiger partial charge in [-0.2, -0.15) is 13.2 Å². The van der Waals surface area contributed by atoms with Crippen molar-refractivity contribution in [1.29, 1.82) is 0 Å². The zero-order chi connectivity index (χ0) is 26.4. The maximum absolute atomic E-state index is 13.9. The molecule has 1 aromatic carbocycles. The molecule has 0 N–H and O–H groups in total. The molecular weight excluding hydrogens is 487 g/mol. The van der Waals surface area contributed by atoms with Crippen molar-refractivity contribution in [2.24, 2.45) is 0 Å². The summed E-state index contributed by atoms with van der Waals surface area (Å²) >= 11 is 0. The molecule has 0 spiro atoms. The molecule has 4 heterocycles. The van der Waals surface area contributed by atoms with Gasteiger partial charge in [0.25, 0.3) is 0 Å². The third-order valence-corrected chi connectivity index (χ3v) is 6.53. The van der Waals surface area contributed by atoms with Crippen LogP contribution >= 0.6 is 0 Å². The van der Waals surface area contributed by atoms with E-state index >= 15 is 0 Å². The summed E-state index contributed by atoms with van der Waals surface area (Å²) in [6.45, 7) is 6.40. The van der Waals surface area contributed by atoms with Crippen molar-refractivity contribution < 1.29 is 27.4 Å². The van der Waals surface area contributed by atoms with Crippen molar-refractivity contribution in [3.8, 4) is 0 Å². The summed E-state index contributed by atoms with van der Waals surface area (Å²) < 4.78 is 53.9. The number of morpholine rings is 1. The van der Waals surface area contributed by atoms with Gasteiger partial charge < -0.3 is 19.3 Å². The molecule has 2 fully saturated rings. The number of esters is 1. The molecular formula is C26H30F3N5O3. The van der Waals surface area contributed by atoms with Crippen LogP contribution in [0.5, 0.6) is 0 Å². The predicted octanol–water partition coefficient (Wildman–Crippen LogP) is 4.46. The van der Waals surface area contributed by atoms with E-state index in [4.69, 9.17) is 9.47 Å². The predicted molar refractivity (Wildman–Crippen MR) is 131 cm³/mol. The second-order valence-electron chi connectivity index (χ2n) is 10.5. The molecule has 37 heavy (non-hydrogen) atoms. The third-order valence-electron chi connectivity index (χ3n) is 6.53. The lowest BCUT2D eigenvalue weighted by Crippen LogP contribution is -2.46. The first kappa shape index (κ1) is 25.3. The number of anilines is 2. The monoisotopic (exact) mass is 517 g/mol. The minimum atomic E-state index is -4.65. The molecule has 11 heteroatoms. The average Bonchev–Trinajstić information content (AvgIpc) is 3.35. The number of imidazole rings is 1. The highest BCUT2D eigenvalue weighted by molar-refractivity contribution is 5.81. The zero-order valence-electron chi connectivity index (χ0n) is 21.0. The molecule has 8 nitrogen and oxygen atoms in total. The zero-order valence-corrected chi connectivity index (χ0v) is 21.0. The number of ether oxygens (including phenoxy) is 2. The maximum Gasteiger partial charge on any atom is 0.435 e. The second-order valence-corrected chi connectivity index (χ2v) is 10.5. The van der Waals surface area contributed by atoms with E-state index in [1.807, 2.05) is 30.3 Å². The van der Waals surface area contributed by atoms with E-state index < -0.39 is 23.4 Å². The average molecular weight is 518 g/mol. The Morgan fingerprint density at radius 1 is 1.14 bits per heavy atom. The Kier molecular flexibility index (Phi) is 6.51. The van der Waals surface area contributed by atoms with Crippen molar-refractivity contribution in [2.45, 2.75) is 64.0 Å². The van der Waals surface area contributed by atoms with E-state index in [1.54, 1.807) is 31.7 Å². The fourth-order valence-electron chi connectivity index (χ4n) is 5.05. The van der Waals surface area contributed by atoms with Gasteiger partial charge in [-0.3, -0.25) is 4.79 Å². The molecule has 5 rings (SSSR count). The molecule has 2 saturated heterocycles. The molecule has 3 aromatic rings. The summed E-state index contributed by atoms with van der Waals surface area (Å²) in [6, 6.07) is 11.2. The summed E-state index contributed by atoms with van der Waals surface area (Å²) in [5.74, 6) is -0.0852. The van der Waals surface area contributed by atoms with Crippen molar-refractivity contribution in [1.82, 2.24) is 14.6 Å². The van der Waals surface area contributed by atoms with Crippen LogP contribution in [0.4, 0.5) is 24.7 Å². The Bertz CT molecular complexity index is 1260. The van der Waals surface area contributed by atoms with E-state index in [-0.39, 0.29) is 30.8 Å². The van der Waals surface area contributed by atoms with Crippen LogP contribution in [0.1, 0.15) is 44.9 Å². The van der Waals surface area contributed by atoms with Gasteiger partial charge in [0.15, 0.2) is 17.2 Å². The van der Waals surface area contributed by atoms with Crippen LogP contribution in [0.3, 0.4) is 0 Å². The van der Waals surface area contributed by atoms with Crippen LogP contribution in [0.25, 0.3) is 5.65 Å². The highest BCUT2D eigenvalue weighted by atomic mass is 19.4. The molecule has 2 aliphatic heterocycles. The van der Waals surface area contributed by atoms with Gasteiger partial charge in [0.1, 0.15) is 12.1 Å². The van der Waals surface area contributed by atoms with Crippen molar-refractivity contribution in [3.05, 3.63) is 53.9 Å². The highest BCUT2D eigenvalue weighted by Crippen LogP contribution is 2.38. The Labute approximate surface area is 213 Å². The van der Waals surface area contributed by atoms with Gasteiger partial charge in [0.2, 0.25) is 0 Å².